The number of alkyl halides is 1. The highest BCUT2D eigenvalue weighted by Gasteiger charge is 2.04. The average molecular weight is 227 g/mol. The maximum absolute atomic E-state index is 5.38. The van der Waals surface area contributed by atoms with Gasteiger partial charge in [0.05, 0.1) is 6.61 Å². The molecule has 0 saturated heterocycles. The molecule has 0 N–H and O–H groups in total. The monoisotopic (exact) mass is 226 g/mol. The van der Waals surface area contributed by atoms with Crippen LogP contribution in [-0.2, 0) is 4.74 Å². The third kappa shape index (κ3) is 2.80. The molecule has 12 heavy (non-hydrogen) atoms. The molecular weight excluding hydrogens is 216 g/mol. The zero-order chi connectivity index (χ0) is 8.81. The first-order chi connectivity index (χ1) is 5.84. The van der Waals surface area contributed by atoms with E-state index in [4.69, 9.17) is 4.74 Å². The van der Waals surface area contributed by atoms with Gasteiger partial charge in [-0.1, -0.05) is 52.3 Å². The van der Waals surface area contributed by atoms with Crippen molar-refractivity contribution >= 4 is 15.9 Å². The van der Waals surface area contributed by atoms with Gasteiger partial charge in [-0.05, 0) is 5.56 Å². The number of benzene rings is 1. The van der Waals surface area contributed by atoms with E-state index >= 15 is 0 Å². The topological polar surface area (TPSA) is 9.23 Å². The molecule has 0 fully saturated rings. The van der Waals surface area contributed by atoms with Crippen molar-refractivity contribution in [2.75, 3.05) is 6.61 Å². The van der Waals surface area contributed by atoms with Crippen molar-refractivity contribution in [1.82, 2.24) is 0 Å². The van der Waals surface area contributed by atoms with Crippen LogP contribution < -0.4 is 0 Å². The molecule has 0 aromatic heterocycles. The maximum atomic E-state index is 5.38. The van der Waals surface area contributed by atoms with Crippen LogP contribution in [0, 0.1) is 0 Å². The Morgan fingerprint density at radius 2 is 2.08 bits per heavy atom. The maximum Gasteiger partial charge on any atom is 0.137 e. The van der Waals surface area contributed by atoms with Crippen molar-refractivity contribution in [2.24, 2.45) is 0 Å². The van der Waals surface area contributed by atoms with E-state index in [-0.39, 0.29) is 5.01 Å². The summed E-state index contributed by atoms with van der Waals surface area (Å²) >= 11 is 3.42. The van der Waals surface area contributed by atoms with Crippen molar-refractivity contribution in [3.8, 4) is 0 Å². The highest BCUT2D eigenvalue weighted by Crippen LogP contribution is 2.23. The van der Waals surface area contributed by atoms with Gasteiger partial charge in [-0.3, -0.25) is 0 Å². The van der Waals surface area contributed by atoms with Gasteiger partial charge >= 0.3 is 0 Å². The van der Waals surface area contributed by atoms with Crippen LogP contribution in [0.25, 0.3) is 0 Å². The summed E-state index contributed by atoms with van der Waals surface area (Å²) in [4.78, 5) is 0. The Morgan fingerprint density at radius 1 is 1.42 bits per heavy atom. The molecule has 0 heterocycles. The molecule has 1 aromatic carbocycles. The Bertz CT molecular complexity index is 233. The van der Waals surface area contributed by atoms with Gasteiger partial charge in [-0.2, -0.15) is 0 Å². The second-order valence-corrected chi connectivity index (χ2v) is 3.18. The fraction of sp³-hybridized carbons (Fsp3) is 0.200. The Labute approximate surface area is 81.2 Å². The highest BCUT2D eigenvalue weighted by molar-refractivity contribution is 9.09. The smallest absolute Gasteiger partial charge is 0.137 e. The average Bonchev–Trinajstić information content (AvgIpc) is 2.15. The third-order valence-electron chi connectivity index (χ3n) is 1.42. The highest BCUT2D eigenvalue weighted by atomic mass is 79.9. The van der Waals surface area contributed by atoms with Crippen LogP contribution in [0.2, 0.25) is 0 Å². The molecule has 64 valence electrons. The van der Waals surface area contributed by atoms with Crippen LogP contribution in [0.1, 0.15) is 10.6 Å². The van der Waals surface area contributed by atoms with Gasteiger partial charge in [0, 0.05) is 0 Å². The van der Waals surface area contributed by atoms with Crippen molar-refractivity contribution in [3.05, 3.63) is 48.6 Å². The predicted molar refractivity (Wildman–Crippen MR) is 54.3 cm³/mol. The van der Waals surface area contributed by atoms with E-state index in [1.807, 2.05) is 30.3 Å². The van der Waals surface area contributed by atoms with Gasteiger partial charge < -0.3 is 4.74 Å². The van der Waals surface area contributed by atoms with E-state index < -0.39 is 0 Å². The van der Waals surface area contributed by atoms with E-state index in [9.17, 15) is 0 Å². The van der Waals surface area contributed by atoms with Gasteiger partial charge in [0.25, 0.3) is 0 Å². The minimum absolute atomic E-state index is 0.0308. The lowest BCUT2D eigenvalue weighted by atomic mass is 10.2. The molecule has 0 saturated carbocycles. The van der Waals surface area contributed by atoms with E-state index in [2.05, 4.69) is 22.5 Å². The van der Waals surface area contributed by atoms with E-state index in [1.165, 1.54) is 0 Å². The number of rotatable bonds is 4. The largest absolute Gasteiger partial charge is 0.358 e. The first-order valence-corrected chi connectivity index (χ1v) is 4.67. The van der Waals surface area contributed by atoms with Crippen molar-refractivity contribution in [2.45, 2.75) is 5.01 Å². The summed E-state index contributed by atoms with van der Waals surface area (Å²) in [6.45, 7) is 4.14. The molecule has 0 aliphatic heterocycles. The third-order valence-corrected chi connectivity index (χ3v) is 2.22. The number of halogens is 1. The van der Waals surface area contributed by atoms with Crippen LogP contribution in [0.3, 0.4) is 0 Å². The first kappa shape index (κ1) is 9.49. The molecule has 0 radical (unpaired) electrons. The predicted octanol–water partition coefficient (Wildman–Crippen LogP) is 3.28. The second kappa shape index (κ2) is 5.12. The fourth-order valence-corrected chi connectivity index (χ4v) is 1.31. The number of hydrogen-bond acceptors (Lipinski definition) is 1. The quantitative estimate of drug-likeness (QED) is 0.566. The molecule has 0 aliphatic carbocycles. The van der Waals surface area contributed by atoms with Gasteiger partial charge in [-0.15, -0.1) is 6.58 Å². The molecule has 0 amide bonds. The molecule has 2 heteroatoms. The van der Waals surface area contributed by atoms with E-state index in [0.717, 1.165) is 5.56 Å². The Balaban J connectivity index is 2.53. The van der Waals surface area contributed by atoms with Crippen LogP contribution in [0.15, 0.2) is 43.0 Å². The van der Waals surface area contributed by atoms with Gasteiger partial charge in [0.15, 0.2) is 0 Å². The number of ether oxygens (including phenoxy) is 1. The molecule has 1 aromatic rings. The second-order valence-electron chi connectivity index (χ2n) is 2.35. The van der Waals surface area contributed by atoms with Gasteiger partial charge in [0.1, 0.15) is 5.01 Å². The molecular formula is C10H11BrO. The Kier molecular flexibility index (Phi) is 4.05. The summed E-state index contributed by atoms with van der Waals surface area (Å²) in [6, 6.07) is 9.99. The van der Waals surface area contributed by atoms with Crippen LogP contribution in [-0.4, -0.2) is 6.61 Å². The number of hydrogen-bond donors (Lipinski definition) is 0. The summed E-state index contributed by atoms with van der Waals surface area (Å²) in [6.07, 6.45) is 1.73. The van der Waals surface area contributed by atoms with E-state index in [0.29, 0.717) is 6.61 Å². The minimum Gasteiger partial charge on any atom is -0.358 e. The lowest BCUT2D eigenvalue weighted by molar-refractivity contribution is 0.145. The summed E-state index contributed by atoms with van der Waals surface area (Å²) in [5.41, 5.74) is 1.12. The van der Waals surface area contributed by atoms with Gasteiger partial charge in [0.2, 0.25) is 0 Å². The zero-order valence-corrected chi connectivity index (χ0v) is 8.33. The Hall–Kier alpha value is -0.600. The summed E-state index contributed by atoms with van der Waals surface area (Å²) in [7, 11) is 0. The van der Waals surface area contributed by atoms with Gasteiger partial charge in [-0.25, -0.2) is 0 Å². The molecule has 1 nitrogen and oxygen atoms in total. The first-order valence-electron chi connectivity index (χ1n) is 3.76. The molecule has 0 bridgehead atoms. The van der Waals surface area contributed by atoms with Crippen molar-refractivity contribution in [3.63, 3.8) is 0 Å². The normalized spacial score (nSPS) is 12.4. The molecule has 1 atom stereocenters. The molecule has 0 aliphatic rings. The Morgan fingerprint density at radius 3 is 2.67 bits per heavy atom. The zero-order valence-electron chi connectivity index (χ0n) is 6.74. The van der Waals surface area contributed by atoms with Crippen LogP contribution in [0.5, 0.6) is 0 Å². The summed E-state index contributed by atoms with van der Waals surface area (Å²) in [5, 5.41) is -0.0308. The molecule has 1 unspecified atom stereocenters. The summed E-state index contributed by atoms with van der Waals surface area (Å²) < 4.78 is 5.38. The van der Waals surface area contributed by atoms with E-state index in [1.54, 1.807) is 6.08 Å². The van der Waals surface area contributed by atoms with Crippen molar-refractivity contribution < 1.29 is 4.74 Å². The standard InChI is InChI=1S/C10H11BrO/c1-2-8-12-10(11)9-6-4-3-5-7-9/h2-7,10H,1,8H2. The lowest BCUT2D eigenvalue weighted by Gasteiger charge is -2.09. The molecule has 0 spiro atoms. The minimum atomic E-state index is -0.0308. The van der Waals surface area contributed by atoms with Crippen molar-refractivity contribution in [1.29, 1.82) is 0 Å². The van der Waals surface area contributed by atoms with Crippen LogP contribution in [0.4, 0.5) is 0 Å². The fourth-order valence-electron chi connectivity index (χ4n) is 0.853. The SMILES string of the molecule is C=CCOC(Br)c1ccccc1. The molecule has 1 rings (SSSR count). The lowest BCUT2D eigenvalue weighted by Crippen LogP contribution is -1.95. The van der Waals surface area contributed by atoms with Crippen LogP contribution >= 0.6 is 15.9 Å². The summed E-state index contributed by atoms with van der Waals surface area (Å²) in [5.74, 6) is 0.